The van der Waals surface area contributed by atoms with E-state index in [9.17, 15) is 14.4 Å². The second-order valence-corrected chi connectivity index (χ2v) is 11.1. The molecule has 2 aromatic carbocycles. The highest BCUT2D eigenvalue weighted by Gasteiger charge is 2.20. The largest absolute Gasteiger partial charge is 0.487 e. The molecule has 3 heterocycles. The molecule has 4 aromatic rings. The van der Waals surface area contributed by atoms with Crippen LogP contribution in [-0.2, 0) is 20.9 Å². The van der Waals surface area contributed by atoms with Gasteiger partial charge < -0.3 is 24.6 Å². The number of benzene rings is 2. The molecular weight excluding hydrogens is 617 g/mol. The molecule has 232 valence electrons. The maximum Gasteiger partial charge on any atom is 0.272 e. The number of amides is 3. The van der Waals surface area contributed by atoms with Crippen molar-refractivity contribution in [3.63, 3.8) is 0 Å². The van der Waals surface area contributed by atoms with Gasteiger partial charge in [0.2, 0.25) is 11.8 Å². The van der Waals surface area contributed by atoms with Crippen molar-refractivity contribution >= 4 is 63.6 Å². The number of morpholine rings is 1. The van der Waals surface area contributed by atoms with E-state index in [1.54, 1.807) is 42.3 Å². The first-order valence-corrected chi connectivity index (χ1v) is 15.0. The zero-order valence-corrected chi connectivity index (χ0v) is 26.3. The summed E-state index contributed by atoms with van der Waals surface area (Å²) in [6.45, 7) is 3.77. The minimum absolute atomic E-state index is 0.0566. The summed E-state index contributed by atoms with van der Waals surface area (Å²) in [4.78, 5) is 49.8. The van der Waals surface area contributed by atoms with E-state index in [1.807, 2.05) is 37.3 Å². The van der Waals surface area contributed by atoms with Crippen LogP contribution in [0.3, 0.4) is 0 Å². The van der Waals surface area contributed by atoms with E-state index >= 15 is 0 Å². The number of carbonyl (C=O) groups excluding carboxylic acids is 3. The number of halogens is 2. The topological polar surface area (TPSA) is 114 Å². The van der Waals surface area contributed by atoms with Crippen molar-refractivity contribution in [2.45, 2.75) is 13.5 Å². The van der Waals surface area contributed by atoms with Crippen LogP contribution < -0.4 is 15.0 Å². The number of anilines is 1. The fourth-order valence-electron chi connectivity index (χ4n) is 4.67. The van der Waals surface area contributed by atoms with Gasteiger partial charge in [-0.25, -0.2) is 4.98 Å². The van der Waals surface area contributed by atoms with Crippen molar-refractivity contribution < 1.29 is 23.9 Å². The summed E-state index contributed by atoms with van der Waals surface area (Å²) in [7, 11) is 1.56. The minimum Gasteiger partial charge on any atom is -0.487 e. The van der Waals surface area contributed by atoms with Gasteiger partial charge in [-0.2, -0.15) is 0 Å². The number of nitrogens with one attached hydrogen (secondary N) is 1. The molecule has 1 aliphatic heterocycles. The Morgan fingerprint density at radius 2 is 1.87 bits per heavy atom. The quantitative estimate of drug-likeness (QED) is 0.252. The van der Waals surface area contributed by atoms with Gasteiger partial charge in [-0.3, -0.25) is 19.4 Å². The number of likely N-dealkylation sites (N-methyl/N-ethyl adjacent to an activating group) is 1. The molecular formula is C33H31Cl2N5O5. The number of ether oxygens (including phenoxy) is 2. The molecule has 1 N–H and O–H groups in total. The number of aryl methyl sites for hydroxylation is 1. The van der Waals surface area contributed by atoms with Crippen LogP contribution in [0.25, 0.3) is 17.0 Å². The van der Waals surface area contributed by atoms with E-state index in [4.69, 9.17) is 32.7 Å². The molecule has 0 radical (unpaired) electrons. The predicted octanol–water partition coefficient (Wildman–Crippen LogP) is 5.09. The molecule has 0 spiro atoms. The summed E-state index contributed by atoms with van der Waals surface area (Å²) in [6, 6.07) is 16.2. The second-order valence-electron chi connectivity index (χ2n) is 10.3. The highest BCUT2D eigenvalue weighted by atomic mass is 35.5. The third kappa shape index (κ3) is 7.78. The Bertz CT molecular complexity index is 1760. The van der Waals surface area contributed by atoms with Gasteiger partial charge in [0, 0.05) is 54.1 Å². The monoisotopic (exact) mass is 647 g/mol. The number of carbonyl (C=O) groups is 3. The number of nitrogens with zero attached hydrogens (tertiary/aromatic N) is 4. The van der Waals surface area contributed by atoms with E-state index < -0.39 is 11.8 Å². The van der Waals surface area contributed by atoms with Crippen LogP contribution in [0.5, 0.6) is 5.75 Å². The van der Waals surface area contributed by atoms with Crippen LogP contribution in [0.2, 0.25) is 10.0 Å². The summed E-state index contributed by atoms with van der Waals surface area (Å²) < 4.78 is 11.4. The molecule has 2 aromatic heterocycles. The van der Waals surface area contributed by atoms with Crippen LogP contribution in [0.15, 0.2) is 66.9 Å². The molecule has 12 heteroatoms. The van der Waals surface area contributed by atoms with Gasteiger partial charge in [0.1, 0.15) is 23.6 Å². The van der Waals surface area contributed by atoms with Crippen molar-refractivity contribution in [1.82, 2.24) is 20.2 Å². The van der Waals surface area contributed by atoms with E-state index in [0.717, 1.165) is 16.6 Å². The van der Waals surface area contributed by atoms with Crippen molar-refractivity contribution in [3.8, 4) is 5.75 Å². The number of hydrogen-bond donors (Lipinski definition) is 1. The lowest BCUT2D eigenvalue weighted by atomic mass is 10.1. The fraction of sp³-hybridized carbons (Fsp3) is 0.242. The Balaban J connectivity index is 1.17. The third-order valence-corrected chi connectivity index (χ3v) is 8.02. The van der Waals surface area contributed by atoms with Crippen LogP contribution in [0.1, 0.15) is 27.3 Å². The molecule has 1 aliphatic rings. The summed E-state index contributed by atoms with van der Waals surface area (Å²) in [5.41, 5.74) is 3.47. The van der Waals surface area contributed by atoms with Gasteiger partial charge in [-0.05, 0) is 48.9 Å². The Morgan fingerprint density at radius 3 is 2.62 bits per heavy atom. The lowest BCUT2D eigenvalue weighted by Crippen LogP contribution is -2.41. The summed E-state index contributed by atoms with van der Waals surface area (Å²) >= 11 is 13.2. The highest BCUT2D eigenvalue weighted by Crippen LogP contribution is 2.35. The number of rotatable bonds is 9. The zero-order valence-electron chi connectivity index (χ0n) is 24.8. The van der Waals surface area contributed by atoms with E-state index in [-0.39, 0.29) is 24.1 Å². The van der Waals surface area contributed by atoms with Gasteiger partial charge >= 0.3 is 0 Å². The van der Waals surface area contributed by atoms with E-state index in [1.165, 1.54) is 17.2 Å². The van der Waals surface area contributed by atoms with Crippen LogP contribution >= 0.6 is 23.2 Å². The molecule has 0 bridgehead atoms. The SMILES string of the molecule is Cc1ccc2cccc(OCc3c(Cl)ccc(N(C)C(=O)CNC(=O)/C=C/c4ccc(C(=O)N5CCOCC5)nc4)c3Cl)c2n1. The average Bonchev–Trinajstić information content (AvgIpc) is 3.06. The first-order valence-electron chi connectivity index (χ1n) is 14.2. The summed E-state index contributed by atoms with van der Waals surface area (Å²) in [5, 5.41) is 4.17. The van der Waals surface area contributed by atoms with Crippen LogP contribution in [0, 0.1) is 6.92 Å². The molecule has 45 heavy (non-hydrogen) atoms. The van der Waals surface area contributed by atoms with Crippen molar-refractivity contribution in [2.75, 3.05) is 44.8 Å². The summed E-state index contributed by atoms with van der Waals surface area (Å²) in [6.07, 6.45) is 4.36. The Hall–Kier alpha value is -4.51. The van der Waals surface area contributed by atoms with Gasteiger partial charge in [0.25, 0.3) is 5.91 Å². The highest BCUT2D eigenvalue weighted by molar-refractivity contribution is 6.38. The number of para-hydroxylation sites is 1. The number of hydrogen-bond acceptors (Lipinski definition) is 7. The molecule has 5 rings (SSSR count). The van der Waals surface area contributed by atoms with E-state index in [2.05, 4.69) is 15.3 Å². The lowest BCUT2D eigenvalue weighted by Gasteiger charge is -2.26. The standard InChI is InChI=1S/C33H31Cl2N5O5/c1-21-6-9-23-4-3-5-28(32(23)38-21)45-20-24-25(34)10-12-27(31(24)35)39(2)30(42)19-37-29(41)13-8-22-7-11-26(36-18-22)33(43)40-14-16-44-17-15-40/h3-13,18H,14-17,19-20H2,1-2H3,(H,37,41)/b13-8+. The van der Waals surface area contributed by atoms with Crippen LogP contribution in [-0.4, -0.2) is 72.5 Å². The van der Waals surface area contributed by atoms with Gasteiger partial charge in [0.05, 0.1) is 30.5 Å². The lowest BCUT2D eigenvalue weighted by molar-refractivity contribution is -0.122. The fourth-order valence-corrected chi connectivity index (χ4v) is 5.27. The number of pyridine rings is 2. The minimum atomic E-state index is -0.472. The van der Waals surface area contributed by atoms with Gasteiger partial charge in [-0.15, -0.1) is 0 Å². The first-order chi connectivity index (χ1) is 21.7. The third-order valence-electron chi connectivity index (χ3n) is 7.24. The molecule has 1 fully saturated rings. The van der Waals surface area contributed by atoms with Crippen molar-refractivity contribution in [1.29, 1.82) is 0 Å². The van der Waals surface area contributed by atoms with Crippen molar-refractivity contribution in [2.24, 2.45) is 0 Å². The molecule has 1 saturated heterocycles. The predicted molar refractivity (Wildman–Crippen MR) is 174 cm³/mol. The Kier molecular flexibility index (Phi) is 10.3. The molecule has 3 amide bonds. The second kappa shape index (κ2) is 14.5. The van der Waals surface area contributed by atoms with Gasteiger partial charge in [-0.1, -0.05) is 47.5 Å². The molecule has 10 nitrogen and oxygen atoms in total. The first kappa shape index (κ1) is 31.9. The van der Waals surface area contributed by atoms with Crippen molar-refractivity contribution in [3.05, 3.63) is 99.4 Å². The summed E-state index contributed by atoms with van der Waals surface area (Å²) in [5.74, 6) is -0.441. The molecule has 0 unspecified atom stereocenters. The van der Waals surface area contributed by atoms with Crippen LogP contribution in [0.4, 0.5) is 5.69 Å². The van der Waals surface area contributed by atoms with E-state index in [0.29, 0.717) is 59.6 Å². The Labute approximate surface area is 270 Å². The zero-order chi connectivity index (χ0) is 31.9. The van der Waals surface area contributed by atoms with Gasteiger partial charge in [0.15, 0.2) is 0 Å². The molecule has 0 saturated carbocycles. The molecule has 0 atom stereocenters. The number of aromatic nitrogens is 2. The average molecular weight is 649 g/mol. The smallest absolute Gasteiger partial charge is 0.272 e. The maximum atomic E-state index is 13.0. The maximum absolute atomic E-state index is 13.0. The normalized spacial score (nSPS) is 13.2. The molecule has 0 aliphatic carbocycles. The number of fused-ring (bicyclic) bond motifs is 1. The Morgan fingerprint density at radius 1 is 1.07 bits per heavy atom.